The van der Waals surface area contributed by atoms with E-state index in [-0.39, 0.29) is 6.04 Å². The van der Waals surface area contributed by atoms with Gasteiger partial charge < -0.3 is 0 Å². The second-order valence-corrected chi connectivity index (χ2v) is 9.98. The van der Waals surface area contributed by atoms with Crippen molar-refractivity contribution < 1.29 is 0 Å². The summed E-state index contributed by atoms with van der Waals surface area (Å²) in [7, 11) is 0. The lowest BCUT2D eigenvalue weighted by Crippen LogP contribution is -2.08. The summed E-state index contributed by atoms with van der Waals surface area (Å²) in [5.74, 6) is 1.66. The molecule has 0 amide bonds. The molecule has 5 rings (SSSR count). The lowest BCUT2D eigenvalue weighted by atomic mass is 9.96. The SMILES string of the molecule is Cc1nnc2n1-c1ccc(-c3cnn(CCCCCCCN=[N+]=[N-])c3)cc1C(c1ccc(Cl)cc1)=N[C@H]2C. The van der Waals surface area contributed by atoms with Crippen LogP contribution in [-0.2, 0) is 6.54 Å². The van der Waals surface area contributed by atoms with Crippen LogP contribution in [-0.4, -0.2) is 36.8 Å². The molecule has 0 spiro atoms. The van der Waals surface area contributed by atoms with Gasteiger partial charge in [-0.15, -0.1) is 10.2 Å². The van der Waals surface area contributed by atoms with Crippen molar-refractivity contribution in [2.75, 3.05) is 6.54 Å². The maximum Gasteiger partial charge on any atom is 0.162 e. The van der Waals surface area contributed by atoms with Crippen LogP contribution >= 0.6 is 11.6 Å². The number of aryl methyl sites for hydroxylation is 2. The highest BCUT2D eigenvalue weighted by atomic mass is 35.5. The van der Waals surface area contributed by atoms with Gasteiger partial charge in [0.25, 0.3) is 0 Å². The molecule has 2 aromatic carbocycles. The van der Waals surface area contributed by atoms with Crippen molar-refractivity contribution in [3.05, 3.63) is 93.1 Å². The third kappa shape index (κ3) is 5.49. The van der Waals surface area contributed by atoms with Crippen molar-refractivity contribution in [3.63, 3.8) is 0 Å². The summed E-state index contributed by atoms with van der Waals surface area (Å²) in [5, 5.41) is 17.7. The van der Waals surface area contributed by atoms with Crippen molar-refractivity contribution in [1.29, 1.82) is 0 Å². The number of azide groups is 1. The van der Waals surface area contributed by atoms with Crippen LogP contribution in [0.3, 0.4) is 0 Å². The monoisotopic (exact) mass is 527 g/mol. The Morgan fingerprint density at radius 1 is 0.974 bits per heavy atom. The molecule has 194 valence electrons. The highest BCUT2D eigenvalue weighted by Crippen LogP contribution is 2.33. The summed E-state index contributed by atoms with van der Waals surface area (Å²) in [6.45, 7) is 5.48. The van der Waals surface area contributed by atoms with Gasteiger partial charge in [-0.05, 0) is 62.0 Å². The summed E-state index contributed by atoms with van der Waals surface area (Å²) in [6, 6.07) is 14.1. The first kappa shape index (κ1) is 25.7. The Morgan fingerprint density at radius 3 is 2.55 bits per heavy atom. The quantitative estimate of drug-likeness (QED) is 0.0935. The van der Waals surface area contributed by atoms with E-state index in [1.54, 1.807) is 0 Å². The van der Waals surface area contributed by atoms with Crippen LogP contribution in [0.4, 0.5) is 0 Å². The first-order chi connectivity index (χ1) is 18.5. The van der Waals surface area contributed by atoms with Crippen LogP contribution in [0, 0.1) is 6.92 Å². The lowest BCUT2D eigenvalue weighted by Gasteiger charge is -2.14. The van der Waals surface area contributed by atoms with E-state index in [0.717, 1.165) is 84.0 Å². The van der Waals surface area contributed by atoms with Crippen LogP contribution in [0.2, 0.25) is 5.02 Å². The third-order valence-electron chi connectivity index (χ3n) is 6.83. The van der Waals surface area contributed by atoms with E-state index in [2.05, 4.69) is 54.3 Å². The molecule has 4 aromatic rings. The molecule has 3 heterocycles. The molecule has 2 aromatic heterocycles. The fourth-order valence-electron chi connectivity index (χ4n) is 4.87. The second kappa shape index (κ2) is 11.6. The van der Waals surface area contributed by atoms with Gasteiger partial charge in [-0.2, -0.15) is 5.10 Å². The molecular formula is C28H30ClN9. The fraction of sp³-hybridized carbons (Fsp3) is 0.357. The smallest absolute Gasteiger partial charge is 0.162 e. The molecule has 0 saturated carbocycles. The Balaban J connectivity index is 1.40. The maximum absolute atomic E-state index is 8.35. The van der Waals surface area contributed by atoms with Crippen LogP contribution in [0.15, 0.2) is 65.0 Å². The molecule has 0 fully saturated rings. The second-order valence-electron chi connectivity index (χ2n) is 9.55. The van der Waals surface area contributed by atoms with Gasteiger partial charge in [-0.3, -0.25) is 14.2 Å². The first-order valence-corrected chi connectivity index (χ1v) is 13.4. The van der Waals surface area contributed by atoms with E-state index in [1.165, 1.54) is 0 Å². The van der Waals surface area contributed by atoms with Crippen LogP contribution in [0.25, 0.3) is 27.3 Å². The number of benzene rings is 2. The highest BCUT2D eigenvalue weighted by molar-refractivity contribution is 6.30. The number of rotatable bonds is 10. The number of unbranched alkanes of at least 4 members (excludes halogenated alkanes) is 4. The molecule has 0 radical (unpaired) electrons. The molecule has 1 atom stereocenters. The van der Waals surface area contributed by atoms with Gasteiger partial charge in [0.15, 0.2) is 5.82 Å². The Morgan fingerprint density at radius 2 is 1.74 bits per heavy atom. The zero-order chi connectivity index (χ0) is 26.5. The average molecular weight is 528 g/mol. The Bertz CT molecular complexity index is 1490. The summed E-state index contributed by atoms with van der Waals surface area (Å²) in [5.41, 5.74) is 14.4. The summed E-state index contributed by atoms with van der Waals surface area (Å²) < 4.78 is 4.12. The van der Waals surface area contributed by atoms with Gasteiger partial charge in [0.05, 0.1) is 17.6 Å². The standard InChI is InChI=1S/C28H30ClN9/c1-19-28-35-34-20(2)38(28)26-13-10-22(16-25(26)27(33-19)21-8-11-24(29)12-9-21)23-17-32-37(18-23)15-7-5-3-4-6-14-31-36-30/h8-13,16-19H,3-7,14-15H2,1-2H3/t19-/m0/s1. The molecule has 0 unspecified atom stereocenters. The van der Waals surface area contributed by atoms with Crippen molar-refractivity contribution in [3.8, 4) is 16.8 Å². The van der Waals surface area contributed by atoms with Crippen molar-refractivity contribution in [2.24, 2.45) is 10.1 Å². The number of fused-ring (bicyclic) bond motifs is 3. The molecule has 0 N–H and O–H groups in total. The normalized spacial score (nSPS) is 14.3. The number of halogens is 1. The number of aliphatic imine (C=N–C) groups is 1. The molecule has 1 aliphatic rings. The van der Waals surface area contributed by atoms with Gasteiger partial charge in [0, 0.05) is 45.9 Å². The molecule has 9 nitrogen and oxygen atoms in total. The molecule has 38 heavy (non-hydrogen) atoms. The van der Waals surface area contributed by atoms with E-state index < -0.39 is 0 Å². The predicted octanol–water partition coefficient (Wildman–Crippen LogP) is 7.27. The van der Waals surface area contributed by atoms with E-state index >= 15 is 0 Å². The minimum absolute atomic E-state index is 0.153. The highest BCUT2D eigenvalue weighted by Gasteiger charge is 2.26. The predicted molar refractivity (Wildman–Crippen MR) is 150 cm³/mol. The summed E-state index contributed by atoms with van der Waals surface area (Å²) in [4.78, 5) is 7.90. The van der Waals surface area contributed by atoms with E-state index in [9.17, 15) is 0 Å². The van der Waals surface area contributed by atoms with Gasteiger partial charge in [-0.1, -0.05) is 54.2 Å². The fourth-order valence-corrected chi connectivity index (χ4v) is 5.00. The Hall–Kier alpha value is -3.94. The molecule has 10 heteroatoms. The van der Waals surface area contributed by atoms with E-state index in [1.807, 2.05) is 49.0 Å². The van der Waals surface area contributed by atoms with Crippen LogP contribution in [0.5, 0.6) is 0 Å². The Kier molecular flexibility index (Phi) is 7.86. The summed E-state index contributed by atoms with van der Waals surface area (Å²) in [6.07, 6.45) is 9.40. The van der Waals surface area contributed by atoms with Crippen molar-refractivity contribution in [2.45, 2.75) is 58.5 Å². The van der Waals surface area contributed by atoms with Crippen molar-refractivity contribution in [1.82, 2.24) is 24.5 Å². The van der Waals surface area contributed by atoms with E-state index in [4.69, 9.17) is 22.1 Å². The van der Waals surface area contributed by atoms with Gasteiger partial charge in [0.1, 0.15) is 11.9 Å². The van der Waals surface area contributed by atoms with Crippen molar-refractivity contribution >= 4 is 17.3 Å². The Labute approximate surface area is 226 Å². The molecule has 0 aliphatic carbocycles. The molecule has 0 saturated heterocycles. The number of nitrogens with zero attached hydrogens (tertiary/aromatic N) is 9. The van der Waals surface area contributed by atoms with E-state index in [0.29, 0.717) is 11.6 Å². The number of hydrogen-bond acceptors (Lipinski definition) is 5. The topological polar surface area (TPSA) is 110 Å². The number of hydrogen-bond donors (Lipinski definition) is 0. The molecule has 0 bridgehead atoms. The lowest BCUT2D eigenvalue weighted by molar-refractivity contribution is 0.530. The van der Waals surface area contributed by atoms with Crippen LogP contribution < -0.4 is 0 Å². The molecule has 1 aliphatic heterocycles. The minimum Gasteiger partial charge on any atom is -0.281 e. The average Bonchev–Trinajstić information content (AvgIpc) is 3.53. The zero-order valence-corrected chi connectivity index (χ0v) is 22.4. The largest absolute Gasteiger partial charge is 0.281 e. The van der Waals surface area contributed by atoms with Crippen LogP contribution in [0.1, 0.15) is 67.8 Å². The first-order valence-electron chi connectivity index (χ1n) is 13.0. The zero-order valence-electron chi connectivity index (χ0n) is 21.6. The third-order valence-corrected chi connectivity index (χ3v) is 7.08. The van der Waals surface area contributed by atoms with Gasteiger partial charge in [0.2, 0.25) is 0 Å². The maximum atomic E-state index is 8.35. The van der Waals surface area contributed by atoms with Gasteiger partial charge in [-0.25, -0.2) is 0 Å². The minimum atomic E-state index is -0.153. The van der Waals surface area contributed by atoms with Gasteiger partial charge >= 0.3 is 0 Å². The summed E-state index contributed by atoms with van der Waals surface area (Å²) >= 11 is 6.19. The number of aromatic nitrogens is 5. The molecular weight excluding hydrogens is 498 g/mol.